The molecule has 0 saturated heterocycles. The molecule has 0 bridgehead atoms. The second-order valence-electron chi connectivity index (χ2n) is 4.97. The second-order valence-corrected chi connectivity index (χ2v) is 5.82. The Labute approximate surface area is 126 Å². The number of benzene rings is 1. The quantitative estimate of drug-likeness (QED) is 0.931. The van der Waals surface area contributed by atoms with Crippen molar-refractivity contribution in [1.82, 2.24) is 4.98 Å². The van der Waals surface area contributed by atoms with Crippen molar-refractivity contribution in [3.05, 3.63) is 57.8 Å². The van der Waals surface area contributed by atoms with Crippen LogP contribution in [0.25, 0.3) is 0 Å². The number of hydrogen-bond acceptors (Lipinski definition) is 3. The van der Waals surface area contributed by atoms with Gasteiger partial charge in [-0.05, 0) is 58.1 Å². The fourth-order valence-electron chi connectivity index (χ4n) is 2.48. The highest BCUT2D eigenvalue weighted by atomic mass is 79.9. The maximum Gasteiger partial charge on any atom is 0.122 e. The van der Waals surface area contributed by atoms with Crippen LogP contribution in [-0.2, 0) is 12.8 Å². The summed E-state index contributed by atoms with van der Waals surface area (Å²) in [6.45, 7) is 0.780. The number of aliphatic hydroxyl groups excluding tert-OH is 1. The van der Waals surface area contributed by atoms with E-state index in [2.05, 4.69) is 33.0 Å². The van der Waals surface area contributed by atoms with Gasteiger partial charge < -0.3 is 9.84 Å². The summed E-state index contributed by atoms with van der Waals surface area (Å²) in [7, 11) is 0. The lowest BCUT2D eigenvalue weighted by molar-refractivity contribution is 0.162. The minimum atomic E-state index is -0.546. The summed E-state index contributed by atoms with van der Waals surface area (Å²) in [5.41, 5.74) is 3.22. The molecule has 0 radical (unpaired) electrons. The first-order chi connectivity index (χ1) is 9.74. The molecule has 0 fully saturated rings. The van der Waals surface area contributed by atoms with Crippen molar-refractivity contribution in [2.45, 2.75) is 25.4 Å². The number of aliphatic hydroxyl groups is 1. The fraction of sp³-hybridized carbons (Fsp3) is 0.312. The summed E-state index contributed by atoms with van der Waals surface area (Å²) >= 11 is 3.42. The molecule has 104 valence electrons. The number of hydrogen-bond donors (Lipinski definition) is 1. The van der Waals surface area contributed by atoms with Crippen LogP contribution in [0.1, 0.15) is 29.3 Å². The van der Waals surface area contributed by atoms with E-state index in [0.29, 0.717) is 12.1 Å². The maximum absolute atomic E-state index is 10.2. The van der Waals surface area contributed by atoms with Crippen molar-refractivity contribution in [3.8, 4) is 5.75 Å². The number of ether oxygens (including phenoxy) is 1. The Balaban J connectivity index is 1.66. The van der Waals surface area contributed by atoms with Crippen LogP contribution in [0.4, 0.5) is 0 Å². The molecule has 2 aromatic rings. The Kier molecular flexibility index (Phi) is 4.03. The lowest BCUT2D eigenvalue weighted by Gasteiger charge is -2.12. The maximum atomic E-state index is 10.2. The van der Waals surface area contributed by atoms with Crippen LogP contribution in [0.3, 0.4) is 0 Å². The first-order valence-electron chi connectivity index (χ1n) is 6.77. The molecule has 0 spiro atoms. The van der Waals surface area contributed by atoms with Crippen LogP contribution >= 0.6 is 15.9 Å². The standard InChI is InChI=1S/C16H16BrNO2/c17-13-2-1-8-18-16(13)14(19)5-3-11-4-6-15-12(10-11)7-9-20-15/h1-2,4,6,8,10,14,19H,3,5,7,9H2. The number of rotatable bonds is 4. The molecule has 1 atom stereocenters. The lowest BCUT2D eigenvalue weighted by atomic mass is 10.0. The van der Waals surface area contributed by atoms with Crippen LogP contribution in [0.2, 0.25) is 0 Å². The number of nitrogens with zero attached hydrogens (tertiary/aromatic N) is 1. The number of aryl methyl sites for hydroxylation is 1. The molecular formula is C16H16BrNO2. The van der Waals surface area contributed by atoms with Gasteiger partial charge in [-0.25, -0.2) is 0 Å². The summed E-state index contributed by atoms with van der Waals surface area (Å²) in [5, 5.41) is 10.2. The van der Waals surface area contributed by atoms with E-state index in [1.807, 2.05) is 18.2 Å². The molecule has 1 N–H and O–H groups in total. The molecule has 0 aliphatic carbocycles. The van der Waals surface area contributed by atoms with E-state index in [0.717, 1.165) is 29.7 Å². The molecular weight excluding hydrogens is 318 g/mol. The molecule has 1 aromatic carbocycles. The van der Waals surface area contributed by atoms with E-state index in [4.69, 9.17) is 4.74 Å². The summed E-state index contributed by atoms with van der Waals surface area (Å²) in [6.07, 6.45) is 3.63. The van der Waals surface area contributed by atoms with Crippen LogP contribution in [0.15, 0.2) is 41.0 Å². The molecule has 2 heterocycles. The Morgan fingerprint density at radius 1 is 1.35 bits per heavy atom. The lowest BCUT2D eigenvalue weighted by Crippen LogP contribution is -2.03. The number of halogens is 1. The summed E-state index contributed by atoms with van der Waals surface area (Å²) < 4.78 is 6.35. The highest BCUT2D eigenvalue weighted by Crippen LogP contribution is 2.28. The van der Waals surface area contributed by atoms with Crippen LogP contribution in [0, 0.1) is 0 Å². The molecule has 4 heteroatoms. The van der Waals surface area contributed by atoms with Gasteiger partial charge in [0.2, 0.25) is 0 Å². The van der Waals surface area contributed by atoms with Gasteiger partial charge in [0.15, 0.2) is 0 Å². The molecule has 20 heavy (non-hydrogen) atoms. The molecule has 1 aliphatic heterocycles. The highest BCUT2D eigenvalue weighted by molar-refractivity contribution is 9.10. The van der Waals surface area contributed by atoms with Gasteiger partial charge in [0.1, 0.15) is 5.75 Å². The average molecular weight is 334 g/mol. The van der Waals surface area contributed by atoms with Crippen LogP contribution < -0.4 is 4.74 Å². The van der Waals surface area contributed by atoms with Crippen molar-refractivity contribution in [1.29, 1.82) is 0 Å². The molecule has 0 amide bonds. The zero-order valence-electron chi connectivity index (χ0n) is 11.1. The zero-order chi connectivity index (χ0) is 13.9. The normalized spacial score (nSPS) is 14.7. The largest absolute Gasteiger partial charge is 0.493 e. The Morgan fingerprint density at radius 2 is 2.25 bits per heavy atom. The minimum Gasteiger partial charge on any atom is -0.493 e. The molecule has 3 rings (SSSR count). The van der Waals surface area contributed by atoms with Gasteiger partial charge in [0.05, 0.1) is 18.4 Å². The third kappa shape index (κ3) is 2.86. The predicted octanol–water partition coefficient (Wildman–Crippen LogP) is 3.45. The topological polar surface area (TPSA) is 42.4 Å². The summed E-state index contributed by atoms with van der Waals surface area (Å²) in [6, 6.07) is 10.0. The van der Waals surface area contributed by atoms with E-state index in [-0.39, 0.29) is 0 Å². The smallest absolute Gasteiger partial charge is 0.122 e. The van der Waals surface area contributed by atoms with Gasteiger partial charge in [0.25, 0.3) is 0 Å². The van der Waals surface area contributed by atoms with E-state index < -0.39 is 6.10 Å². The van der Waals surface area contributed by atoms with E-state index in [1.54, 1.807) is 6.20 Å². The number of fused-ring (bicyclic) bond motifs is 1. The van der Waals surface area contributed by atoms with Gasteiger partial charge in [-0.3, -0.25) is 4.98 Å². The first-order valence-corrected chi connectivity index (χ1v) is 7.56. The monoisotopic (exact) mass is 333 g/mol. The van der Waals surface area contributed by atoms with Crippen LogP contribution in [0.5, 0.6) is 5.75 Å². The van der Waals surface area contributed by atoms with Gasteiger partial charge >= 0.3 is 0 Å². The summed E-state index contributed by atoms with van der Waals surface area (Å²) in [5.74, 6) is 1.00. The third-order valence-electron chi connectivity index (χ3n) is 3.56. The van der Waals surface area contributed by atoms with Gasteiger partial charge in [-0.2, -0.15) is 0 Å². The minimum absolute atomic E-state index is 0.546. The van der Waals surface area contributed by atoms with Gasteiger partial charge in [0, 0.05) is 17.1 Å². The molecule has 0 saturated carbocycles. The molecule has 3 nitrogen and oxygen atoms in total. The second kappa shape index (κ2) is 5.94. The van der Waals surface area contributed by atoms with Gasteiger partial charge in [-0.15, -0.1) is 0 Å². The van der Waals surface area contributed by atoms with E-state index in [9.17, 15) is 5.11 Å². The number of pyridine rings is 1. The van der Waals surface area contributed by atoms with Crippen molar-refractivity contribution >= 4 is 15.9 Å². The van der Waals surface area contributed by atoms with Crippen molar-refractivity contribution < 1.29 is 9.84 Å². The summed E-state index contributed by atoms with van der Waals surface area (Å²) in [4.78, 5) is 4.23. The highest BCUT2D eigenvalue weighted by Gasteiger charge is 2.15. The number of aromatic nitrogens is 1. The molecule has 1 unspecified atom stereocenters. The van der Waals surface area contributed by atoms with Gasteiger partial charge in [-0.1, -0.05) is 12.1 Å². The fourth-order valence-corrected chi connectivity index (χ4v) is 3.00. The Morgan fingerprint density at radius 3 is 3.10 bits per heavy atom. The predicted molar refractivity (Wildman–Crippen MR) is 80.9 cm³/mol. The van der Waals surface area contributed by atoms with Crippen LogP contribution in [-0.4, -0.2) is 16.7 Å². The Bertz CT molecular complexity index is 615. The molecule has 1 aromatic heterocycles. The zero-order valence-corrected chi connectivity index (χ0v) is 12.6. The van der Waals surface area contributed by atoms with Crippen molar-refractivity contribution in [3.63, 3.8) is 0 Å². The average Bonchev–Trinajstić information content (AvgIpc) is 2.92. The Hall–Kier alpha value is -1.39. The molecule has 1 aliphatic rings. The first kappa shape index (κ1) is 13.6. The van der Waals surface area contributed by atoms with E-state index >= 15 is 0 Å². The van der Waals surface area contributed by atoms with Crippen molar-refractivity contribution in [2.24, 2.45) is 0 Å². The third-order valence-corrected chi connectivity index (χ3v) is 4.23. The van der Waals surface area contributed by atoms with Crippen molar-refractivity contribution in [2.75, 3.05) is 6.61 Å². The van der Waals surface area contributed by atoms with E-state index in [1.165, 1.54) is 11.1 Å². The SMILES string of the molecule is OC(CCc1ccc2c(c1)CCO2)c1ncccc1Br.